The molecule has 1 saturated heterocycles. The van der Waals surface area contributed by atoms with Crippen LogP contribution in [0.1, 0.15) is 36.9 Å². The fourth-order valence-electron chi connectivity index (χ4n) is 3.71. The SMILES string of the molecule is COc1ccccc1[C@@H](C)NC(=O)C1CCN(S(=O)(=O)Cc2ccc(Cl)cc2)CC1. The van der Waals surface area contributed by atoms with Crippen molar-refractivity contribution in [1.29, 1.82) is 0 Å². The molecule has 0 bridgehead atoms. The van der Waals surface area contributed by atoms with Gasteiger partial charge < -0.3 is 10.1 Å². The fourth-order valence-corrected chi connectivity index (χ4v) is 5.40. The zero-order chi connectivity index (χ0) is 21.7. The van der Waals surface area contributed by atoms with Crippen LogP contribution in [0.15, 0.2) is 48.5 Å². The van der Waals surface area contributed by atoms with Crippen molar-refractivity contribution in [1.82, 2.24) is 9.62 Å². The molecule has 8 heteroatoms. The zero-order valence-electron chi connectivity index (χ0n) is 17.2. The molecule has 3 rings (SSSR count). The summed E-state index contributed by atoms with van der Waals surface area (Å²) in [5.41, 5.74) is 1.61. The lowest BCUT2D eigenvalue weighted by Crippen LogP contribution is -2.43. The van der Waals surface area contributed by atoms with Crippen LogP contribution in [0.25, 0.3) is 0 Å². The number of amides is 1. The van der Waals surface area contributed by atoms with E-state index in [1.54, 1.807) is 31.4 Å². The van der Waals surface area contributed by atoms with Gasteiger partial charge in [0.25, 0.3) is 0 Å². The summed E-state index contributed by atoms with van der Waals surface area (Å²) in [6.45, 7) is 2.61. The summed E-state index contributed by atoms with van der Waals surface area (Å²) in [6, 6.07) is 14.2. The molecule has 2 aromatic carbocycles. The molecule has 0 aromatic heterocycles. The minimum Gasteiger partial charge on any atom is -0.496 e. The first-order valence-corrected chi connectivity index (χ1v) is 11.9. The second-order valence-corrected chi connectivity index (χ2v) is 9.93. The van der Waals surface area contributed by atoms with Gasteiger partial charge in [0.15, 0.2) is 0 Å². The van der Waals surface area contributed by atoms with Crippen molar-refractivity contribution in [2.24, 2.45) is 5.92 Å². The Kier molecular flexibility index (Phi) is 7.39. The van der Waals surface area contributed by atoms with Crippen LogP contribution in [0.2, 0.25) is 5.02 Å². The third-order valence-electron chi connectivity index (χ3n) is 5.44. The highest BCUT2D eigenvalue weighted by Crippen LogP contribution is 2.26. The van der Waals surface area contributed by atoms with E-state index in [-0.39, 0.29) is 23.6 Å². The second kappa shape index (κ2) is 9.81. The highest BCUT2D eigenvalue weighted by atomic mass is 35.5. The lowest BCUT2D eigenvalue weighted by Gasteiger charge is -2.31. The summed E-state index contributed by atoms with van der Waals surface area (Å²) in [5.74, 6) is 0.409. The predicted octanol–water partition coefficient (Wildman–Crippen LogP) is 3.77. The van der Waals surface area contributed by atoms with E-state index < -0.39 is 10.0 Å². The lowest BCUT2D eigenvalue weighted by atomic mass is 9.96. The van der Waals surface area contributed by atoms with Crippen molar-refractivity contribution in [3.8, 4) is 5.75 Å². The summed E-state index contributed by atoms with van der Waals surface area (Å²) < 4.78 is 32.3. The monoisotopic (exact) mass is 450 g/mol. The van der Waals surface area contributed by atoms with Crippen LogP contribution in [0, 0.1) is 5.92 Å². The summed E-state index contributed by atoms with van der Waals surface area (Å²) >= 11 is 5.86. The van der Waals surface area contributed by atoms with Crippen LogP contribution in [0.4, 0.5) is 0 Å². The summed E-state index contributed by atoms with van der Waals surface area (Å²) in [5, 5.41) is 3.61. The molecule has 1 aliphatic rings. The molecular weight excluding hydrogens is 424 g/mol. The summed E-state index contributed by atoms with van der Waals surface area (Å²) in [7, 11) is -1.83. The van der Waals surface area contributed by atoms with Gasteiger partial charge in [0.2, 0.25) is 15.9 Å². The second-order valence-electron chi connectivity index (χ2n) is 7.53. The molecule has 6 nitrogen and oxygen atoms in total. The maximum absolute atomic E-state index is 12.7. The highest BCUT2D eigenvalue weighted by molar-refractivity contribution is 7.88. The molecule has 0 radical (unpaired) electrons. The number of piperidine rings is 1. The van der Waals surface area contributed by atoms with E-state index in [2.05, 4.69) is 5.32 Å². The van der Waals surface area contributed by atoms with Gasteiger partial charge in [-0.25, -0.2) is 12.7 Å². The minimum absolute atomic E-state index is 0.0526. The van der Waals surface area contributed by atoms with Gasteiger partial charge in [0.05, 0.1) is 18.9 Å². The van der Waals surface area contributed by atoms with Crippen LogP contribution in [-0.4, -0.2) is 38.8 Å². The average Bonchev–Trinajstić information content (AvgIpc) is 2.75. The number of carbonyl (C=O) groups is 1. The van der Waals surface area contributed by atoms with Gasteiger partial charge >= 0.3 is 0 Å². The molecule has 1 atom stereocenters. The standard InChI is InChI=1S/C22H27ClN2O4S/c1-16(20-5-3-4-6-21(20)29-2)24-22(26)18-11-13-25(14-12-18)30(27,28)15-17-7-9-19(23)10-8-17/h3-10,16,18H,11-15H2,1-2H3,(H,24,26)/t16-/m1/s1. The molecule has 0 aliphatic carbocycles. The molecule has 1 aliphatic heterocycles. The minimum atomic E-state index is -3.43. The normalized spacial score (nSPS) is 16.8. The van der Waals surface area contributed by atoms with Gasteiger partial charge in [0, 0.05) is 29.6 Å². The molecular formula is C22H27ClN2O4S. The van der Waals surface area contributed by atoms with E-state index in [1.165, 1.54) is 4.31 Å². The van der Waals surface area contributed by atoms with Crippen molar-refractivity contribution < 1.29 is 17.9 Å². The molecule has 1 N–H and O–H groups in total. The van der Waals surface area contributed by atoms with E-state index in [0.717, 1.165) is 11.3 Å². The quantitative estimate of drug-likeness (QED) is 0.696. The lowest BCUT2D eigenvalue weighted by molar-refractivity contribution is -0.126. The number of hydrogen-bond donors (Lipinski definition) is 1. The molecule has 162 valence electrons. The molecule has 1 heterocycles. The molecule has 2 aromatic rings. The number of ether oxygens (including phenoxy) is 1. The van der Waals surface area contributed by atoms with Gasteiger partial charge in [0.1, 0.15) is 5.75 Å². The van der Waals surface area contributed by atoms with Crippen molar-refractivity contribution in [3.05, 3.63) is 64.7 Å². The topological polar surface area (TPSA) is 75.7 Å². The molecule has 30 heavy (non-hydrogen) atoms. The maximum atomic E-state index is 12.7. The number of para-hydroxylation sites is 1. The fraction of sp³-hybridized carbons (Fsp3) is 0.409. The van der Waals surface area contributed by atoms with Crippen LogP contribution >= 0.6 is 11.6 Å². The third-order valence-corrected chi connectivity index (χ3v) is 7.55. The largest absolute Gasteiger partial charge is 0.496 e. The first kappa shape index (κ1) is 22.6. The molecule has 0 saturated carbocycles. The van der Waals surface area contributed by atoms with Crippen LogP contribution in [-0.2, 0) is 20.6 Å². The molecule has 0 unspecified atom stereocenters. The molecule has 1 fully saturated rings. The third kappa shape index (κ3) is 5.53. The smallest absolute Gasteiger partial charge is 0.223 e. The Morgan fingerprint density at radius 1 is 1.17 bits per heavy atom. The number of methoxy groups -OCH3 is 1. The Balaban J connectivity index is 1.55. The number of sulfonamides is 1. The van der Waals surface area contributed by atoms with E-state index in [0.29, 0.717) is 36.5 Å². The van der Waals surface area contributed by atoms with E-state index in [4.69, 9.17) is 16.3 Å². The number of nitrogens with one attached hydrogen (secondary N) is 1. The van der Waals surface area contributed by atoms with Crippen molar-refractivity contribution in [3.63, 3.8) is 0 Å². The van der Waals surface area contributed by atoms with Gasteiger partial charge in [-0.3, -0.25) is 4.79 Å². The van der Waals surface area contributed by atoms with Crippen LogP contribution in [0.5, 0.6) is 5.75 Å². The Morgan fingerprint density at radius 2 is 1.80 bits per heavy atom. The van der Waals surface area contributed by atoms with E-state index >= 15 is 0 Å². The Labute approximate surface area is 183 Å². The average molecular weight is 451 g/mol. The van der Waals surface area contributed by atoms with E-state index in [1.807, 2.05) is 31.2 Å². The maximum Gasteiger partial charge on any atom is 0.223 e. The number of halogens is 1. The Morgan fingerprint density at radius 3 is 2.43 bits per heavy atom. The van der Waals surface area contributed by atoms with E-state index in [9.17, 15) is 13.2 Å². The van der Waals surface area contributed by atoms with Gasteiger partial charge in [-0.15, -0.1) is 0 Å². The van der Waals surface area contributed by atoms with Gasteiger partial charge in [-0.1, -0.05) is 41.9 Å². The number of hydrogen-bond acceptors (Lipinski definition) is 4. The number of benzene rings is 2. The first-order valence-electron chi connectivity index (χ1n) is 9.95. The van der Waals surface area contributed by atoms with Crippen molar-refractivity contribution >= 4 is 27.5 Å². The number of rotatable bonds is 7. The summed E-state index contributed by atoms with van der Waals surface area (Å²) in [6.07, 6.45) is 1.01. The van der Waals surface area contributed by atoms with Crippen molar-refractivity contribution in [2.45, 2.75) is 31.6 Å². The Hall–Kier alpha value is -2.09. The zero-order valence-corrected chi connectivity index (χ0v) is 18.7. The van der Waals surface area contributed by atoms with Crippen LogP contribution < -0.4 is 10.1 Å². The predicted molar refractivity (Wildman–Crippen MR) is 118 cm³/mol. The van der Waals surface area contributed by atoms with Crippen LogP contribution in [0.3, 0.4) is 0 Å². The van der Waals surface area contributed by atoms with Gasteiger partial charge in [-0.2, -0.15) is 0 Å². The Bertz CT molecular complexity index is 971. The summed E-state index contributed by atoms with van der Waals surface area (Å²) in [4.78, 5) is 12.7. The first-order chi connectivity index (χ1) is 14.3. The van der Waals surface area contributed by atoms with Crippen molar-refractivity contribution in [2.75, 3.05) is 20.2 Å². The molecule has 1 amide bonds. The van der Waals surface area contributed by atoms with Gasteiger partial charge in [-0.05, 0) is 43.5 Å². The molecule has 0 spiro atoms. The number of nitrogens with zero attached hydrogens (tertiary/aromatic N) is 1. The number of carbonyl (C=O) groups excluding carboxylic acids is 1. The highest BCUT2D eigenvalue weighted by Gasteiger charge is 2.31.